The number of alkyl halides is 2. The minimum Gasteiger partial charge on any atom is -0.481 e. The van der Waals surface area contributed by atoms with Gasteiger partial charge in [-0.3, -0.25) is 9.48 Å². The van der Waals surface area contributed by atoms with Crippen LogP contribution in [0.15, 0.2) is 35.4 Å². The van der Waals surface area contributed by atoms with Crippen LogP contribution in [0.5, 0.6) is 0 Å². The molecule has 4 nitrogen and oxygen atoms in total. The van der Waals surface area contributed by atoms with Crippen molar-refractivity contribution in [1.29, 1.82) is 0 Å². The molecule has 1 aromatic carbocycles. The summed E-state index contributed by atoms with van der Waals surface area (Å²) in [6.45, 7) is 0.0897. The lowest BCUT2D eigenvalue weighted by molar-refractivity contribution is -0.133. The molecule has 1 aromatic heterocycles. The van der Waals surface area contributed by atoms with Crippen LogP contribution >= 0.6 is 11.8 Å². The van der Waals surface area contributed by atoms with Crippen LogP contribution in [0.25, 0.3) is 0 Å². The normalized spacial score (nSPS) is 11.0. The largest absolute Gasteiger partial charge is 0.481 e. The molecule has 2 aromatic rings. The second-order valence-electron chi connectivity index (χ2n) is 4.18. The summed E-state index contributed by atoms with van der Waals surface area (Å²) in [7, 11) is 0. The molecule has 0 amide bonds. The number of rotatable bonds is 6. The molecule has 0 saturated carbocycles. The summed E-state index contributed by atoms with van der Waals surface area (Å²) >= 11 is 0.891. The van der Waals surface area contributed by atoms with E-state index in [0.717, 1.165) is 17.8 Å². The molecule has 0 aliphatic heterocycles. The maximum atomic E-state index is 13.1. The molecule has 0 saturated heterocycles. The van der Waals surface area contributed by atoms with E-state index in [9.17, 15) is 18.0 Å². The van der Waals surface area contributed by atoms with Gasteiger partial charge in [0.2, 0.25) is 0 Å². The van der Waals surface area contributed by atoms with E-state index in [2.05, 4.69) is 5.10 Å². The summed E-state index contributed by atoms with van der Waals surface area (Å²) in [6, 6.07) is 6.84. The number of benzene rings is 1. The van der Waals surface area contributed by atoms with Crippen molar-refractivity contribution in [3.8, 4) is 0 Å². The van der Waals surface area contributed by atoms with Gasteiger partial charge in [-0.25, -0.2) is 13.2 Å². The molecule has 0 unspecified atom stereocenters. The lowest BCUT2D eigenvalue weighted by atomic mass is 10.2. The standard InChI is InChI=1S/C13H11F3N2O2S/c14-9-3-1-2-8(4-9)6-18-11(21-7-12(19)20)5-10(17-18)13(15)16/h1-5,13H,6-7H2,(H,19,20). The summed E-state index contributed by atoms with van der Waals surface area (Å²) < 4.78 is 39.8. The Hall–Kier alpha value is -1.96. The average molecular weight is 316 g/mol. The monoisotopic (exact) mass is 316 g/mol. The smallest absolute Gasteiger partial charge is 0.313 e. The van der Waals surface area contributed by atoms with Crippen molar-refractivity contribution in [3.05, 3.63) is 47.4 Å². The minimum absolute atomic E-state index is 0.0897. The number of hydrogen-bond donors (Lipinski definition) is 1. The van der Waals surface area contributed by atoms with Gasteiger partial charge >= 0.3 is 5.97 Å². The Morgan fingerprint density at radius 1 is 1.38 bits per heavy atom. The molecule has 21 heavy (non-hydrogen) atoms. The van der Waals surface area contributed by atoms with E-state index in [1.807, 2.05) is 0 Å². The first kappa shape index (κ1) is 15.4. The number of hydrogen-bond acceptors (Lipinski definition) is 3. The molecule has 0 atom stereocenters. The lowest BCUT2D eigenvalue weighted by Crippen LogP contribution is -2.06. The number of nitrogens with zero attached hydrogens (tertiary/aromatic N) is 2. The topological polar surface area (TPSA) is 55.1 Å². The highest BCUT2D eigenvalue weighted by atomic mass is 32.2. The van der Waals surface area contributed by atoms with Crippen molar-refractivity contribution in [2.45, 2.75) is 18.0 Å². The van der Waals surface area contributed by atoms with Crippen molar-refractivity contribution < 1.29 is 23.1 Å². The van der Waals surface area contributed by atoms with Crippen molar-refractivity contribution in [1.82, 2.24) is 9.78 Å². The zero-order chi connectivity index (χ0) is 15.4. The third-order valence-electron chi connectivity index (χ3n) is 2.55. The molecule has 8 heteroatoms. The Morgan fingerprint density at radius 2 is 2.14 bits per heavy atom. The van der Waals surface area contributed by atoms with Crippen LogP contribution in [0.2, 0.25) is 0 Å². The maximum absolute atomic E-state index is 13.1. The minimum atomic E-state index is -2.75. The molecular weight excluding hydrogens is 305 g/mol. The molecule has 0 aliphatic carbocycles. The van der Waals surface area contributed by atoms with E-state index in [0.29, 0.717) is 10.6 Å². The number of aliphatic carboxylic acids is 1. The highest BCUT2D eigenvalue weighted by Gasteiger charge is 2.17. The predicted molar refractivity (Wildman–Crippen MR) is 71.0 cm³/mol. The molecule has 1 heterocycles. The fourth-order valence-electron chi connectivity index (χ4n) is 1.70. The van der Waals surface area contributed by atoms with Crippen LogP contribution in [0.1, 0.15) is 17.7 Å². The Morgan fingerprint density at radius 3 is 2.76 bits per heavy atom. The molecule has 1 N–H and O–H groups in total. The average Bonchev–Trinajstić information content (AvgIpc) is 2.80. The number of carboxylic acid groups (broad SMARTS) is 1. The summed E-state index contributed by atoms with van der Waals surface area (Å²) in [5.41, 5.74) is 0.121. The highest BCUT2D eigenvalue weighted by molar-refractivity contribution is 7.99. The van der Waals surface area contributed by atoms with Crippen LogP contribution < -0.4 is 0 Å². The van der Waals surface area contributed by atoms with Crippen LogP contribution in [0, 0.1) is 5.82 Å². The first-order chi connectivity index (χ1) is 9.95. The number of halogens is 3. The van der Waals surface area contributed by atoms with E-state index >= 15 is 0 Å². The van der Waals surface area contributed by atoms with E-state index in [1.54, 1.807) is 6.07 Å². The maximum Gasteiger partial charge on any atom is 0.313 e. The fourth-order valence-corrected chi connectivity index (χ4v) is 2.43. The van der Waals surface area contributed by atoms with Crippen LogP contribution in [-0.2, 0) is 11.3 Å². The van der Waals surface area contributed by atoms with Gasteiger partial charge in [0, 0.05) is 0 Å². The third-order valence-corrected chi connectivity index (χ3v) is 3.57. The Labute approximate surface area is 122 Å². The van der Waals surface area contributed by atoms with Crippen LogP contribution in [0.4, 0.5) is 13.2 Å². The zero-order valence-electron chi connectivity index (χ0n) is 10.7. The van der Waals surface area contributed by atoms with Gasteiger partial charge < -0.3 is 5.11 Å². The number of carboxylic acids is 1. The highest BCUT2D eigenvalue weighted by Crippen LogP contribution is 2.25. The number of aromatic nitrogens is 2. The van der Waals surface area contributed by atoms with Gasteiger partial charge in [-0.15, -0.1) is 0 Å². The molecular formula is C13H11F3N2O2S. The molecule has 112 valence electrons. The van der Waals surface area contributed by atoms with E-state index in [4.69, 9.17) is 5.11 Å². The van der Waals surface area contributed by atoms with Crippen LogP contribution in [0.3, 0.4) is 0 Å². The molecule has 0 bridgehead atoms. The SMILES string of the molecule is O=C(O)CSc1cc(C(F)F)nn1Cc1cccc(F)c1. The predicted octanol–water partition coefficient (Wildman–Crippen LogP) is 3.18. The first-order valence-electron chi connectivity index (χ1n) is 5.90. The quantitative estimate of drug-likeness (QED) is 0.832. The molecule has 0 radical (unpaired) electrons. The van der Waals surface area contributed by atoms with E-state index < -0.39 is 23.9 Å². The number of thioether (sulfide) groups is 1. The first-order valence-corrected chi connectivity index (χ1v) is 6.89. The lowest BCUT2D eigenvalue weighted by Gasteiger charge is -2.06. The molecule has 0 aliphatic rings. The number of carbonyl (C=O) groups is 1. The Bertz CT molecular complexity index is 646. The van der Waals surface area contributed by atoms with Crippen molar-refractivity contribution in [3.63, 3.8) is 0 Å². The molecule has 0 fully saturated rings. The summed E-state index contributed by atoms with van der Waals surface area (Å²) in [5.74, 6) is -1.76. The van der Waals surface area contributed by atoms with Gasteiger partial charge in [-0.05, 0) is 23.8 Å². The van der Waals surface area contributed by atoms with Gasteiger partial charge in [0.15, 0.2) is 0 Å². The van der Waals surface area contributed by atoms with Crippen molar-refractivity contribution in [2.75, 3.05) is 5.75 Å². The zero-order valence-corrected chi connectivity index (χ0v) is 11.5. The van der Waals surface area contributed by atoms with Crippen molar-refractivity contribution >= 4 is 17.7 Å². The third kappa shape index (κ3) is 4.25. The Kier molecular flexibility index (Phi) is 4.89. The second-order valence-corrected chi connectivity index (χ2v) is 5.17. The Balaban J connectivity index is 2.25. The van der Waals surface area contributed by atoms with Gasteiger partial charge in [0.1, 0.15) is 11.5 Å². The van der Waals surface area contributed by atoms with Gasteiger partial charge in [0.25, 0.3) is 6.43 Å². The van der Waals surface area contributed by atoms with Gasteiger partial charge in [-0.1, -0.05) is 23.9 Å². The van der Waals surface area contributed by atoms with Gasteiger partial charge in [-0.2, -0.15) is 5.10 Å². The summed E-state index contributed by atoms with van der Waals surface area (Å²) in [5, 5.41) is 12.7. The van der Waals surface area contributed by atoms with Gasteiger partial charge in [0.05, 0.1) is 17.3 Å². The molecule has 0 spiro atoms. The van der Waals surface area contributed by atoms with Crippen LogP contribution in [-0.4, -0.2) is 26.6 Å². The summed E-state index contributed by atoms with van der Waals surface area (Å²) in [4.78, 5) is 10.6. The fraction of sp³-hybridized carbons (Fsp3) is 0.231. The molecule has 2 rings (SSSR count). The summed E-state index contributed by atoms with van der Waals surface area (Å²) in [6.07, 6.45) is -2.75. The van der Waals surface area contributed by atoms with Crippen molar-refractivity contribution in [2.24, 2.45) is 0 Å². The van der Waals surface area contributed by atoms with E-state index in [1.165, 1.54) is 22.9 Å². The second kappa shape index (κ2) is 6.66. The van der Waals surface area contributed by atoms with E-state index in [-0.39, 0.29) is 12.3 Å².